The summed E-state index contributed by atoms with van der Waals surface area (Å²) in [5, 5.41) is 13.5. The van der Waals surface area contributed by atoms with Crippen molar-refractivity contribution in [3.05, 3.63) is 101 Å². The quantitative estimate of drug-likeness (QED) is 0.388. The van der Waals surface area contributed by atoms with Crippen molar-refractivity contribution in [2.75, 3.05) is 6.61 Å². The third-order valence-corrected chi connectivity index (χ3v) is 6.78. The summed E-state index contributed by atoms with van der Waals surface area (Å²) < 4.78 is 5.51. The van der Waals surface area contributed by atoms with Crippen LogP contribution in [0.5, 0.6) is 5.75 Å². The zero-order valence-corrected chi connectivity index (χ0v) is 19.8. The molecule has 0 saturated carbocycles. The molecular formula is C30H29NO4. The topological polar surface area (TPSA) is 68.1 Å². The molecule has 2 aromatic carbocycles. The van der Waals surface area contributed by atoms with Gasteiger partial charge in [0.05, 0.1) is 5.71 Å². The number of hydrogen-bond acceptors (Lipinski definition) is 4. The summed E-state index contributed by atoms with van der Waals surface area (Å²) in [4.78, 5) is 17.1. The van der Waals surface area contributed by atoms with Gasteiger partial charge in [0.25, 0.3) is 0 Å². The van der Waals surface area contributed by atoms with Crippen LogP contribution in [0.1, 0.15) is 42.0 Å². The Bertz CT molecular complexity index is 1280. The van der Waals surface area contributed by atoms with E-state index in [4.69, 9.17) is 14.7 Å². The summed E-state index contributed by atoms with van der Waals surface area (Å²) in [6, 6.07) is 14.2. The Morgan fingerprint density at radius 1 is 1.09 bits per heavy atom. The van der Waals surface area contributed by atoms with Crippen LogP contribution in [0.3, 0.4) is 0 Å². The molecule has 5 heteroatoms. The highest BCUT2D eigenvalue weighted by Crippen LogP contribution is 2.36. The Morgan fingerprint density at radius 3 is 2.86 bits per heavy atom. The molecule has 5 rings (SSSR count). The first-order valence-electron chi connectivity index (χ1n) is 12.1. The molecule has 0 bridgehead atoms. The second-order valence-corrected chi connectivity index (χ2v) is 9.31. The van der Waals surface area contributed by atoms with Gasteiger partial charge in [-0.05, 0) is 61.3 Å². The maximum atomic E-state index is 10.9. The minimum atomic E-state index is -0.961. The highest BCUT2D eigenvalue weighted by atomic mass is 16.6. The zero-order valence-electron chi connectivity index (χ0n) is 19.8. The van der Waals surface area contributed by atoms with Crippen molar-refractivity contribution in [1.82, 2.24) is 0 Å². The number of nitrogens with zero attached hydrogens (tertiary/aromatic N) is 1. The Morgan fingerprint density at radius 2 is 1.97 bits per heavy atom. The van der Waals surface area contributed by atoms with Crippen LogP contribution in [0.2, 0.25) is 0 Å². The highest BCUT2D eigenvalue weighted by molar-refractivity contribution is 5.83. The Hall–Kier alpha value is -3.86. The van der Waals surface area contributed by atoms with Gasteiger partial charge < -0.3 is 14.7 Å². The molecule has 2 aromatic rings. The third kappa shape index (κ3) is 5.14. The zero-order chi connectivity index (χ0) is 24.2. The lowest BCUT2D eigenvalue weighted by atomic mass is 9.81. The van der Waals surface area contributed by atoms with E-state index in [1.807, 2.05) is 37.3 Å². The summed E-state index contributed by atoms with van der Waals surface area (Å²) >= 11 is 0. The number of carboxylic acids is 1. The van der Waals surface area contributed by atoms with Crippen LogP contribution >= 0.6 is 0 Å². The van der Waals surface area contributed by atoms with Gasteiger partial charge in [0, 0.05) is 17.1 Å². The van der Waals surface area contributed by atoms with Crippen LogP contribution in [-0.4, -0.2) is 23.4 Å². The molecule has 178 valence electrons. The van der Waals surface area contributed by atoms with E-state index in [9.17, 15) is 4.79 Å². The van der Waals surface area contributed by atoms with E-state index < -0.39 is 5.97 Å². The normalized spacial score (nSPS) is 20.5. The number of benzene rings is 2. The van der Waals surface area contributed by atoms with E-state index in [1.165, 1.54) is 5.56 Å². The smallest absolute Gasteiger partial charge is 0.341 e. The van der Waals surface area contributed by atoms with Crippen molar-refractivity contribution in [2.45, 2.75) is 32.6 Å². The number of aliphatic carboxylic acids is 1. The van der Waals surface area contributed by atoms with E-state index in [-0.39, 0.29) is 12.5 Å². The largest absolute Gasteiger partial charge is 0.482 e. The van der Waals surface area contributed by atoms with Crippen molar-refractivity contribution in [1.29, 1.82) is 0 Å². The molecule has 0 radical (unpaired) electrons. The molecule has 0 fully saturated rings. The van der Waals surface area contributed by atoms with Crippen molar-refractivity contribution in [3.63, 3.8) is 0 Å². The third-order valence-electron chi connectivity index (χ3n) is 6.78. The molecular weight excluding hydrogens is 438 g/mol. The molecule has 0 aromatic heterocycles. The Balaban J connectivity index is 1.31. The molecule has 5 nitrogen and oxygen atoms in total. The molecule has 0 saturated heterocycles. The molecule has 0 spiro atoms. The Kier molecular flexibility index (Phi) is 6.66. The summed E-state index contributed by atoms with van der Waals surface area (Å²) in [5.74, 6) is 1.16. The molecule has 0 amide bonds. The average molecular weight is 468 g/mol. The number of fused-ring (bicyclic) bond motifs is 3. The lowest BCUT2D eigenvalue weighted by Gasteiger charge is -2.26. The summed E-state index contributed by atoms with van der Waals surface area (Å²) in [6.45, 7) is 1.72. The first kappa shape index (κ1) is 22.9. The van der Waals surface area contributed by atoms with Crippen LogP contribution in [-0.2, 0) is 22.5 Å². The van der Waals surface area contributed by atoms with E-state index in [0.717, 1.165) is 59.4 Å². The number of carboxylic acid groups (broad SMARTS) is 1. The van der Waals surface area contributed by atoms with E-state index >= 15 is 0 Å². The summed E-state index contributed by atoms with van der Waals surface area (Å²) in [6.07, 6.45) is 16.4. The first-order chi connectivity index (χ1) is 17.1. The van der Waals surface area contributed by atoms with Crippen LogP contribution < -0.4 is 4.74 Å². The van der Waals surface area contributed by atoms with Gasteiger partial charge in [-0.25, -0.2) is 4.79 Å². The number of rotatable bonds is 7. The van der Waals surface area contributed by atoms with Gasteiger partial charge in [0.15, 0.2) is 12.4 Å². The van der Waals surface area contributed by atoms with Crippen LogP contribution in [0.4, 0.5) is 0 Å². The Labute approximate surface area is 205 Å². The van der Waals surface area contributed by atoms with Gasteiger partial charge in [-0.2, -0.15) is 0 Å². The van der Waals surface area contributed by atoms with Crippen molar-refractivity contribution in [3.8, 4) is 5.75 Å². The van der Waals surface area contributed by atoms with Crippen LogP contribution in [0.25, 0.3) is 11.8 Å². The number of carbonyl (C=O) groups is 1. The molecule has 35 heavy (non-hydrogen) atoms. The maximum Gasteiger partial charge on any atom is 0.341 e. The molecule has 0 aliphatic heterocycles. The molecule has 2 unspecified atom stereocenters. The SMILES string of the molecule is CC(CC1CCc2c(cccc2OCC(=O)O)C1)=NOC1=C2C=CC=CC2C=Cc2ccccc21. The lowest BCUT2D eigenvalue weighted by molar-refractivity contribution is -0.139. The molecule has 3 aliphatic rings. The molecule has 3 aliphatic carbocycles. The average Bonchev–Trinajstić information content (AvgIpc) is 3.03. The van der Waals surface area contributed by atoms with E-state index in [2.05, 4.69) is 53.7 Å². The van der Waals surface area contributed by atoms with Crippen molar-refractivity contribution in [2.24, 2.45) is 17.0 Å². The second kappa shape index (κ2) is 10.2. The minimum absolute atomic E-state index is 0.172. The first-order valence-corrected chi connectivity index (χ1v) is 12.1. The number of allylic oxidation sites excluding steroid dienone is 6. The predicted octanol–water partition coefficient (Wildman–Crippen LogP) is 6.22. The molecule has 0 heterocycles. The number of hydrogen-bond donors (Lipinski definition) is 1. The monoisotopic (exact) mass is 467 g/mol. The highest BCUT2D eigenvalue weighted by Gasteiger charge is 2.24. The van der Waals surface area contributed by atoms with Crippen LogP contribution in [0.15, 0.2) is 83.6 Å². The summed E-state index contributed by atoms with van der Waals surface area (Å²) in [5.41, 5.74) is 6.63. The number of oxime groups is 1. The van der Waals surface area contributed by atoms with Gasteiger partial charge in [0.2, 0.25) is 0 Å². The van der Waals surface area contributed by atoms with Gasteiger partial charge >= 0.3 is 5.97 Å². The van der Waals surface area contributed by atoms with Crippen molar-refractivity contribution >= 4 is 23.5 Å². The maximum absolute atomic E-state index is 10.9. The minimum Gasteiger partial charge on any atom is -0.482 e. The number of ether oxygens (including phenoxy) is 1. The fraction of sp³-hybridized carbons (Fsp3) is 0.267. The molecule has 1 N–H and O–H groups in total. The van der Waals surface area contributed by atoms with E-state index in [1.54, 1.807) is 0 Å². The predicted molar refractivity (Wildman–Crippen MR) is 138 cm³/mol. The van der Waals surface area contributed by atoms with Gasteiger partial charge in [-0.15, -0.1) is 0 Å². The fourth-order valence-corrected chi connectivity index (χ4v) is 5.14. The van der Waals surface area contributed by atoms with Crippen molar-refractivity contribution < 1.29 is 19.5 Å². The second-order valence-electron chi connectivity index (χ2n) is 9.31. The van der Waals surface area contributed by atoms with Gasteiger partial charge in [-0.3, -0.25) is 0 Å². The molecule has 2 atom stereocenters. The van der Waals surface area contributed by atoms with Crippen LogP contribution in [0, 0.1) is 11.8 Å². The van der Waals surface area contributed by atoms with E-state index in [0.29, 0.717) is 11.7 Å². The standard InChI is InChI=1S/C30H29NO4/c1-20(17-21-13-16-25-24(18-21)9-6-12-28(25)34-19-29(32)33)31-35-30-26-10-4-2-7-22(26)14-15-23-8-3-5-11-27(23)30/h2-12,14-15,21-22H,13,16-19H2,1H3,(H,32,33). The fourth-order valence-electron chi connectivity index (χ4n) is 5.14. The summed E-state index contributed by atoms with van der Waals surface area (Å²) in [7, 11) is 0. The van der Waals surface area contributed by atoms with Gasteiger partial charge in [-0.1, -0.05) is 78.0 Å². The van der Waals surface area contributed by atoms with Gasteiger partial charge in [0.1, 0.15) is 5.75 Å². The lowest BCUT2D eigenvalue weighted by Crippen LogP contribution is -2.19.